The van der Waals surface area contributed by atoms with Crippen LogP contribution in [0.3, 0.4) is 0 Å². The Kier molecular flexibility index (Phi) is 3.77. The minimum absolute atomic E-state index is 0.103. The van der Waals surface area contributed by atoms with E-state index in [1.165, 1.54) is 12.1 Å². The molecule has 0 saturated carbocycles. The zero-order chi connectivity index (χ0) is 13.8. The molecule has 0 spiro atoms. The van der Waals surface area contributed by atoms with Crippen molar-refractivity contribution in [1.29, 1.82) is 0 Å². The highest BCUT2D eigenvalue weighted by Crippen LogP contribution is 2.15. The third-order valence-electron chi connectivity index (χ3n) is 2.68. The van der Waals surface area contributed by atoms with E-state index in [-0.39, 0.29) is 23.2 Å². The van der Waals surface area contributed by atoms with Gasteiger partial charge >= 0.3 is 0 Å². The van der Waals surface area contributed by atoms with Crippen molar-refractivity contribution in [2.24, 2.45) is 5.73 Å². The highest BCUT2D eigenvalue weighted by molar-refractivity contribution is 6.02. The Labute approximate surface area is 110 Å². The van der Waals surface area contributed by atoms with Gasteiger partial charge in [-0.1, -0.05) is 18.2 Å². The van der Waals surface area contributed by atoms with Crippen LogP contribution in [0.1, 0.15) is 29.0 Å². The van der Waals surface area contributed by atoms with Crippen molar-refractivity contribution in [3.63, 3.8) is 0 Å². The van der Waals surface area contributed by atoms with Gasteiger partial charge < -0.3 is 16.0 Å². The van der Waals surface area contributed by atoms with Crippen LogP contribution in [0.15, 0.2) is 47.3 Å². The number of pyridine rings is 1. The monoisotopic (exact) mass is 257 g/mol. The van der Waals surface area contributed by atoms with Gasteiger partial charge in [-0.2, -0.15) is 0 Å². The number of amides is 1. The summed E-state index contributed by atoms with van der Waals surface area (Å²) in [6, 6.07) is 11.6. The van der Waals surface area contributed by atoms with Gasteiger partial charge in [-0.05, 0) is 30.7 Å². The Morgan fingerprint density at radius 2 is 2.00 bits per heavy atom. The maximum absolute atomic E-state index is 11.9. The molecule has 1 heterocycles. The fourth-order valence-corrected chi connectivity index (χ4v) is 1.68. The van der Waals surface area contributed by atoms with Crippen LogP contribution in [0, 0.1) is 0 Å². The number of nitrogens with one attached hydrogen (secondary N) is 2. The summed E-state index contributed by atoms with van der Waals surface area (Å²) in [5.41, 5.74) is 7.27. The van der Waals surface area contributed by atoms with Crippen LogP contribution in [0.4, 0.5) is 5.69 Å². The number of hydrogen-bond donors (Lipinski definition) is 3. The number of H-pyrrole nitrogens is 1. The van der Waals surface area contributed by atoms with Crippen LogP contribution in [0.5, 0.6) is 0 Å². The summed E-state index contributed by atoms with van der Waals surface area (Å²) in [6.45, 7) is 1.87. The van der Waals surface area contributed by atoms with Gasteiger partial charge in [0.1, 0.15) is 5.69 Å². The summed E-state index contributed by atoms with van der Waals surface area (Å²) in [7, 11) is 0. The number of hydrogen-bond acceptors (Lipinski definition) is 3. The Balaban J connectivity index is 2.19. The fourth-order valence-electron chi connectivity index (χ4n) is 1.68. The number of aromatic nitrogens is 1. The lowest BCUT2D eigenvalue weighted by atomic mass is 10.1. The molecule has 1 aromatic carbocycles. The zero-order valence-corrected chi connectivity index (χ0v) is 10.5. The molecule has 0 aliphatic heterocycles. The first-order chi connectivity index (χ1) is 9.06. The number of benzene rings is 1. The SMILES string of the molecule is CC(N)c1cccc(NC(=O)c2cccc(=O)[nH]2)c1. The molecule has 0 fully saturated rings. The molecular weight excluding hydrogens is 242 g/mol. The van der Waals surface area contributed by atoms with Gasteiger partial charge in [-0.15, -0.1) is 0 Å². The molecule has 5 heteroatoms. The number of aromatic amines is 1. The van der Waals surface area contributed by atoms with Crippen molar-refractivity contribution in [2.75, 3.05) is 5.32 Å². The molecule has 0 radical (unpaired) electrons. The Bertz CT molecular complexity index is 647. The van der Waals surface area contributed by atoms with Crippen LogP contribution in [0.25, 0.3) is 0 Å². The maximum atomic E-state index is 11.9. The first-order valence-corrected chi connectivity index (χ1v) is 5.92. The highest BCUT2D eigenvalue weighted by atomic mass is 16.2. The molecule has 0 aliphatic rings. The molecule has 1 aromatic heterocycles. The number of carbonyl (C=O) groups excluding carboxylic acids is 1. The lowest BCUT2D eigenvalue weighted by Gasteiger charge is -2.09. The summed E-state index contributed by atoms with van der Waals surface area (Å²) in [4.78, 5) is 25.5. The van der Waals surface area contributed by atoms with E-state index in [0.717, 1.165) is 5.56 Å². The molecule has 98 valence electrons. The van der Waals surface area contributed by atoms with Crippen molar-refractivity contribution in [1.82, 2.24) is 4.98 Å². The minimum Gasteiger partial charge on any atom is -0.324 e. The molecule has 1 amide bonds. The van der Waals surface area contributed by atoms with Crippen molar-refractivity contribution in [3.8, 4) is 0 Å². The molecule has 4 N–H and O–H groups in total. The third kappa shape index (κ3) is 3.29. The second-order valence-electron chi connectivity index (χ2n) is 4.30. The van der Waals surface area contributed by atoms with Gasteiger partial charge in [0, 0.05) is 17.8 Å². The van der Waals surface area contributed by atoms with Crippen LogP contribution >= 0.6 is 0 Å². The molecule has 0 bridgehead atoms. The van der Waals surface area contributed by atoms with Gasteiger partial charge in [0.2, 0.25) is 5.56 Å². The van der Waals surface area contributed by atoms with E-state index >= 15 is 0 Å². The summed E-state index contributed by atoms with van der Waals surface area (Å²) < 4.78 is 0. The zero-order valence-electron chi connectivity index (χ0n) is 10.5. The average Bonchev–Trinajstić information content (AvgIpc) is 2.39. The number of rotatable bonds is 3. The molecule has 0 aliphatic carbocycles. The summed E-state index contributed by atoms with van der Waals surface area (Å²) in [6.07, 6.45) is 0. The lowest BCUT2D eigenvalue weighted by molar-refractivity contribution is 0.102. The quantitative estimate of drug-likeness (QED) is 0.781. The number of nitrogens with two attached hydrogens (primary N) is 1. The molecule has 0 saturated heterocycles. The number of carbonyl (C=O) groups is 1. The molecule has 2 aromatic rings. The standard InChI is InChI=1S/C14H15N3O2/c1-9(15)10-4-2-5-11(8-10)16-14(19)12-6-3-7-13(18)17-12/h2-9H,15H2,1H3,(H,16,19)(H,17,18). The van der Waals surface area contributed by atoms with Crippen molar-refractivity contribution in [3.05, 3.63) is 64.1 Å². The van der Waals surface area contributed by atoms with E-state index in [4.69, 9.17) is 5.73 Å². The second-order valence-corrected chi connectivity index (χ2v) is 4.30. The fraction of sp³-hybridized carbons (Fsp3) is 0.143. The topological polar surface area (TPSA) is 88.0 Å². The van der Waals surface area contributed by atoms with E-state index in [1.807, 2.05) is 25.1 Å². The molecule has 5 nitrogen and oxygen atoms in total. The maximum Gasteiger partial charge on any atom is 0.272 e. The third-order valence-corrected chi connectivity index (χ3v) is 2.68. The van der Waals surface area contributed by atoms with Gasteiger partial charge in [0.15, 0.2) is 0 Å². The van der Waals surface area contributed by atoms with Crippen LogP contribution in [-0.4, -0.2) is 10.9 Å². The van der Waals surface area contributed by atoms with E-state index in [0.29, 0.717) is 5.69 Å². The van der Waals surface area contributed by atoms with Gasteiger partial charge in [-0.25, -0.2) is 0 Å². The van der Waals surface area contributed by atoms with Gasteiger partial charge in [-0.3, -0.25) is 9.59 Å². The van der Waals surface area contributed by atoms with Crippen LogP contribution in [0.2, 0.25) is 0 Å². The van der Waals surface area contributed by atoms with E-state index in [1.54, 1.807) is 12.1 Å². The molecule has 19 heavy (non-hydrogen) atoms. The molecule has 1 atom stereocenters. The van der Waals surface area contributed by atoms with Crippen molar-refractivity contribution >= 4 is 11.6 Å². The van der Waals surface area contributed by atoms with Crippen LogP contribution < -0.4 is 16.6 Å². The largest absolute Gasteiger partial charge is 0.324 e. The van der Waals surface area contributed by atoms with Crippen molar-refractivity contribution in [2.45, 2.75) is 13.0 Å². The highest BCUT2D eigenvalue weighted by Gasteiger charge is 2.07. The van der Waals surface area contributed by atoms with Gasteiger partial charge in [0.25, 0.3) is 5.91 Å². The predicted molar refractivity (Wildman–Crippen MR) is 74.1 cm³/mol. The second kappa shape index (κ2) is 5.49. The van der Waals surface area contributed by atoms with E-state index in [2.05, 4.69) is 10.3 Å². The smallest absolute Gasteiger partial charge is 0.272 e. The van der Waals surface area contributed by atoms with Crippen LogP contribution in [-0.2, 0) is 0 Å². The summed E-state index contributed by atoms with van der Waals surface area (Å²) >= 11 is 0. The summed E-state index contributed by atoms with van der Waals surface area (Å²) in [5.74, 6) is -0.362. The Hall–Kier alpha value is -2.40. The minimum atomic E-state index is -0.362. The van der Waals surface area contributed by atoms with E-state index < -0.39 is 0 Å². The normalized spacial score (nSPS) is 11.9. The number of anilines is 1. The van der Waals surface area contributed by atoms with E-state index in [9.17, 15) is 9.59 Å². The van der Waals surface area contributed by atoms with Crippen molar-refractivity contribution < 1.29 is 4.79 Å². The molecular formula is C14H15N3O2. The first kappa shape index (κ1) is 13.0. The molecule has 2 rings (SSSR count). The van der Waals surface area contributed by atoms with Gasteiger partial charge in [0.05, 0.1) is 0 Å². The Morgan fingerprint density at radius 3 is 2.68 bits per heavy atom. The molecule has 1 unspecified atom stereocenters. The Morgan fingerprint density at radius 1 is 1.26 bits per heavy atom. The lowest BCUT2D eigenvalue weighted by Crippen LogP contribution is -2.18. The predicted octanol–water partition coefficient (Wildman–Crippen LogP) is 1.65. The average molecular weight is 257 g/mol. The first-order valence-electron chi connectivity index (χ1n) is 5.92. The summed E-state index contributed by atoms with van der Waals surface area (Å²) in [5, 5.41) is 2.72.